The lowest BCUT2D eigenvalue weighted by Gasteiger charge is -2.03. The van der Waals surface area contributed by atoms with Crippen LogP contribution in [-0.2, 0) is 4.74 Å². The van der Waals surface area contributed by atoms with Crippen LogP contribution in [0.4, 0.5) is 5.00 Å². The number of ether oxygens (including phenoxy) is 1. The fraction of sp³-hybridized carbons (Fsp3) is 0.125. The second-order valence-corrected chi connectivity index (χ2v) is 6.33. The molecular weight excluding hydrogens is 344 g/mol. The highest BCUT2D eigenvalue weighted by Crippen LogP contribution is 2.28. The van der Waals surface area contributed by atoms with Crippen LogP contribution in [0.1, 0.15) is 25.9 Å². The van der Waals surface area contributed by atoms with Crippen molar-refractivity contribution in [3.8, 4) is 5.69 Å². The molecule has 25 heavy (non-hydrogen) atoms. The maximum Gasteiger partial charge on any atom is 0.348 e. The van der Waals surface area contributed by atoms with E-state index in [1.165, 1.54) is 18.4 Å². The number of aromatic nitrogens is 3. The average Bonchev–Trinajstić information content (AvgIpc) is 3.17. The molecule has 0 aliphatic carbocycles. The first-order chi connectivity index (χ1) is 12.0. The number of benzene rings is 1. The zero-order chi connectivity index (χ0) is 18.0. The fourth-order valence-corrected chi connectivity index (χ4v) is 3.10. The first-order valence-electron chi connectivity index (χ1n) is 7.24. The van der Waals surface area contributed by atoms with Gasteiger partial charge in [0.25, 0.3) is 5.91 Å². The van der Waals surface area contributed by atoms with E-state index >= 15 is 0 Å². The van der Waals surface area contributed by atoms with E-state index in [-0.39, 0.29) is 11.4 Å². The Morgan fingerprint density at radius 2 is 2.00 bits per heavy atom. The average molecular weight is 358 g/mol. The van der Waals surface area contributed by atoms with E-state index in [1.807, 2.05) is 6.07 Å². The van der Waals surface area contributed by atoms with Crippen molar-refractivity contribution in [2.75, 3.05) is 12.4 Å². The molecule has 0 unspecified atom stereocenters. The van der Waals surface area contributed by atoms with Gasteiger partial charge in [0, 0.05) is 4.88 Å². The Morgan fingerprint density at radius 3 is 2.68 bits per heavy atom. The Kier molecular flexibility index (Phi) is 4.48. The van der Waals surface area contributed by atoms with Gasteiger partial charge in [0.05, 0.1) is 18.4 Å². The van der Waals surface area contributed by atoms with Gasteiger partial charge < -0.3 is 10.1 Å². The van der Waals surface area contributed by atoms with Gasteiger partial charge in [-0.3, -0.25) is 9.78 Å². The highest BCUT2D eigenvalue weighted by molar-refractivity contribution is 7.16. The SMILES string of the molecule is COC(=O)c1cc(C)sc1NC(=O)c1nn(-c2ccccc2)c(=O)[nH]1. The van der Waals surface area contributed by atoms with E-state index < -0.39 is 17.6 Å². The molecule has 1 amide bonds. The van der Waals surface area contributed by atoms with Gasteiger partial charge in [-0.25, -0.2) is 9.59 Å². The summed E-state index contributed by atoms with van der Waals surface area (Å²) in [5.41, 5.74) is 0.250. The molecule has 0 saturated carbocycles. The lowest BCUT2D eigenvalue weighted by molar-refractivity contribution is 0.0602. The van der Waals surface area contributed by atoms with Crippen LogP contribution in [0, 0.1) is 6.92 Å². The number of aryl methyl sites for hydroxylation is 1. The minimum Gasteiger partial charge on any atom is -0.465 e. The van der Waals surface area contributed by atoms with E-state index in [9.17, 15) is 14.4 Å². The summed E-state index contributed by atoms with van der Waals surface area (Å²) in [4.78, 5) is 39.4. The number of H-pyrrole nitrogens is 1. The molecule has 2 heterocycles. The van der Waals surface area contributed by atoms with Gasteiger partial charge in [-0.2, -0.15) is 4.68 Å². The van der Waals surface area contributed by atoms with Crippen LogP contribution in [0.3, 0.4) is 0 Å². The Morgan fingerprint density at radius 1 is 1.28 bits per heavy atom. The molecule has 8 nitrogen and oxygen atoms in total. The minimum atomic E-state index is -0.626. The third kappa shape index (κ3) is 3.36. The van der Waals surface area contributed by atoms with Crippen LogP contribution in [0.15, 0.2) is 41.2 Å². The van der Waals surface area contributed by atoms with Crippen molar-refractivity contribution in [1.29, 1.82) is 0 Å². The highest BCUT2D eigenvalue weighted by Gasteiger charge is 2.20. The molecule has 0 saturated heterocycles. The molecule has 0 atom stereocenters. The Balaban J connectivity index is 1.88. The molecule has 0 radical (unpaired) electrons. The van der Waals surface area contributed by atoms with Crippen LogP contribution < -0.4 is 11.0 Å². The third-order valence-electron chi connectivity index (χ3n) is 3.32. The number of hydrogen-bond acceptors (Lipinski definition) is 6. The number of para-hydroxylation sites is 1. The number of nitrogens with one attached hydrogen (secondary N) is 2. The smallest absolute Gasteiger partial charge is 0.348 e. The number of nitrogens with zero attached hydrogens (tertiary/aromatic N) is 2. The third-order valence-corrected chi connectivity index (χ3v) is 4.29. The molecule has 9 heteroatoms. The second-order valence-electron chi connectivity index (χ2n) is 5.07. The molecular formula is C16H14N4O4S. The van der Waals surface area contributed by atoms with Crippen molar-refractivity contribution in [1.82, 2.24) is 14.8 Å². The van der Waals surface area contributed by atoms with Crippen molar-refractivity contribution < 1.29 is 14.3 Å². The molecule has 3 aromatic rings. The Labute approximate surface area is 146 Å². The van der Waals surface area contributed by atoms with Gasteiger partial charge in [-0.1, -0.05) is 18.2 Å². The predicted molar refractivity (Wildman–Crippen MR) is 92.5 cm³/mol. The van der Waals surface area contributed by atoms with E-state index in [2.05, 4.69) is 15.4 Å². The minimum absolute atomic E-state index is 0.157. The van der Waals surface area contributed by atoms with Crippen LogP contribution >= 0.6 is 11.3 Å². The standard InChI is InChI=1S/C16H14N4O4S/c1-9-8-11(15(22)24-2)14(25-9)18-13(21)12-17-16(23)20(19-12)10-6-4-3-5-7-10/h3-8H,1-2H3,(H,18,21)(H,17,19,23). The van der Waals surface area contributed by atoms with E-state index in [1.54, 1.807) is 37.3 Å². The van der Waals surface area contributed by atoms with Crippen LogP contribution in [0.2, 0.25) is 0 Å². The highest BCUT2D eigenvalue weighted by atomic mass is 32.1. The summed E-state index contributed by atoms with van der Waals surface area (Å²) in [5.74, 6) is -1.34. The molecule has 0 spiro atoms. The van der Waals surface area contributed by atoms with Gasteiger partial charge in [-0.05, 0) is 25.1 Å². The van der Waals surface area contributed by atoms with E-state index in [0.717, 1.165) is 9.56 Å². The summed E-state index contributed by atoms with van der Waals surface area (Å²) in [7, 11) is 1.26. The van der Waals surface area contributed by atoms with Crippen molar-refractivity contribution in [3.63, 3.8) is 0 Å². The molecule has 128 valence electrons. The summed E-state index contributed by atoms with van der Waals surface area (Å²) in [6, 6.07) is 10.3. The number of carbonyl (C=O) groups is 2. The number of amides is 1. The molecule has 0 fully saturated rings. The topological polar surface area (TPSA) is 106 Å². The second kappa shape index (κ2) is 6.73. The number of esters is 1. The fourth-order valence-electron chi connectivity index (χ4n) is 2.20. The van der Waals surface area contributed by atoms with Crippen LogP contribution in [0.5, 0.6) is 0 Å². The number of aromatic amines is 1. The van der Waals surface area contributed by atoms with Gasteiger partial charge in [-0.15, -0.1) is 16.4 Å². The number of hydrogen-bond donors (Lipinski definition) is 2. The molecule has 0 aliphatic heterocycles. The summed E-state index contributed by atoms with van der Waals surface area (Å²) < 4.78 is 5.79. The van der Waals surface area contributed by atoms with Crippen molar-refractivity contribution in [3.05, 3.63) is 63.1 Å². The number of anilines is 1. The van der Waals surface area contributed by atoms with Crippen molar-refractivity contribution in [2.24, 2.45) is 0 Å². The van der Waals surface area contributed by atoms with Crippen molar-refractivity contribution in [2.45, 2.75) is 6.92 Å². The lowest BCUT2D eigenvalue weighted by atomic mass is 10.3. The zero-order valence-electron chi connectivity index (χ0n) is 13.4. The summed E-state index contributed by atoms with van der Waals surface area (Å²) >= 11 is 1.23. The normalized spacial score (nSPS) is 10.5. The number of methoxy groups -OCH3 is 1. The zero-order valence-corrected chi connectivity index (χ0v) is 14.2. The molecule has 1 aromatic carbocycles. The van der Waals surface area contributed by atoms with Gasteiger partial charge >= 0.3 is 11.7 Å². The maximum absolute atomic E-state index is 12.4. The quantitative estimate of drug-likeness (QED) is 0.694. The Hall–Kier alpha value is -3.20. The lowest BCUT2D eigenvalue weighted by Crippen LogP contribution is -2.16. The van der Waals surface area contributed by atoms with E-state index in [0.29, 0.717) is 10.7 Å². The first-order valence-corrected chi connectivity index (χ1v) is 8.06. The first kappa shape index (κ1) is 16.7. The summed E-state index contributed by atoms with van der Waals surface area (Å²) in [5, 5.41) is 6.93. The van der Waals surface area contributed by atoms with Crippen LogP contribution in [-0.4, -0.2) is 33.8 Å². The summed E-state index contributed by atoms with van der Waals surface area (Å²) in [6.45, 7) is 1.80. The van der Waals surface area contributed by atoms with Gasteiger partial charge in [0.15, 0.2) is 0 Å². The number of carbonyl (C=O) groups excluding carboxylic acids is 2. The molecule has 3 rings (SSSR count). The summed E-state index contributed by atoms with van der Waals surface area (Å²) in [6.07, 6.45) is 0. The molecule has 2 N–H and O–H groups in total. The maximum atomic E-state index is 12.4. The molecule has 2 aromatic heterocycles. The van der Waals surface area contributed by atoms with E-state index in [4.69, 9.17) is 4.74 Å². The largest absolute Gasteiger partial charge is 0.465 e. The van der Waals surface area contributed by atoms with Crippen LogP contribution in [0.25, 0.3) is 5.69 Å². The number of thiophene rings is 1. The molecule has 0 aliphatic rings. The van der Waals surface area contributed by atoms with Gasteiger partial charge in [0.2, 0.25) is 5.82 Å². The Bertz CT molecular complexity index is 987. The van der Waals surface area contributed by atoms with Crippen molar-refractivity contribution >= 4 is 28.2 Å². The number of rotatable bonds is 4. The monoisotopic (exact) mass is 358 g/mol. The van der Waals surface area contributed by atoms with Gasteiger partial charge in [0.1, 0.15) is 5.00 Å². The predicted octanol–water partition coefficient (Wildman–Crippen LogP) is 1.97. The molecule has 0 bridgehead atoms.